The predicted molar refractivity (Wildman–Crippen MR) is 60.6 cm³/mol. The normalized spacial score (nSPS) is 22.1. The minimum absolute atomic E-state index is 0.534. The monoisotopic (exact) mass is 206 g/mol. The third-order valence-corrected chi connectivity index (χ3v) is 3.10. The van der Waals surface area contributed by atoms with Crippen LogP contribution in [0.4, 0.5) is 5.82 Å². The Bertz CT molecular complexity index is 350. The molecule has 82 valence electrons. The van der Waals surface area contributed by atoms with Gasteiger partial charge in [-0.2, -0.15) is 0 Å². The molecule has 2 N–H and O–H groups in total. The minimum Gasteiger partial charge on any atom is -0.382 e. The van der Waals surface area contributed by atoms with E-state index in [9.17, 15) is 0 Å². The summed E-state index contributed by atoms with van der Waals surface area (Å²) in [6, 6.07) is 0.550. The van der Waals surface area contributed by atoms with Gasteiger partial charge in [-0.3, -0.25) is 4.98 Å². The lowest BCUT2D eigenvalue weighted by atomic mass is 10.1. The van der Waals surface area contributed by atoms with Gasteiger partial charge in [0, 0.05) is 25.4 Å². The van der Waals surface area contributed by atoms with Gasteiger partial charge in [0.2, 0.25) is 0 Å². The van der Waals surface area contributed by atoms with Crippen molar-refractivity contribution in [3.63, 3.8) is 0 Å². The molecule has 1 atom stereocenters. The molecule has 0 aromatic carbocycles. The van der Waals surface area contributed by atoms with Crippen molar-refractivity contribution in [1.29, 1.82) is 0 Å². The fraction of sp³-hybridized carbons (Fsp3) is 0.636. The zero-order chi connectivity index (χ0) is 10.8. The molecule has 15 heavy (non-hydrogen) atoms. The zero-order valence-electron chi connectivity index (χ0n) is 9.40. The Morgan fingerprint density at radius 2 is 2.33 bits per heavy atom. The van der Waals surface area contributed by atoms with E-state index in [2.05, 4.69) is 28.7 Å². The second-order valence-electron chi connectivity index (χ2n) is 4.12. The molecule has 4 heteroatoms. The van der Waals surface area contributed by atoms with Gasteiger partial charge >= 0.3 is 0 Å². The molecule has 1 aliphatic heterocycles. The maximum atomic E-state index is 5.65. The van der Waals surface area contributed by atoms with Crippen molar-refractivity contribution in [3.05, 3.63) is 17.6 Å². The molecule has 0 saturated carbocycles. The van der Waals surface area contributed by atoms with E-state index in [0.29, 0.717) is 11.9 Å². The first-order valence-electron chi connectivity index (χ1n) is 5.55. The van der Waals surface area contributed by atoms with Crippen LogP contribution in [0.15, 0.2) is 6.20 Å². The van der Waals surface area contributed by atoms with Crippen molar-refractivity contribution in [2.24, 2.45) is 0 Å². The number of likely N-dealkylation sites (N-methyl/N-ethyl adjacent to an activating group) is 1. The van der Waals surface area contributed by atoms with E-state index in [1.165, 1.54) is 0 Å². The number of aromatic nitrogens is 2. The Morgan fingerprint density at radius 3 is 3.07 bits per heavy atom. The molecule has 0 bridgehead atoms. The molecule has 0 aliphatic carbocycles. The fourth-order valence-corrected chi connectivity index (χ4v) is 2.19. The highest BCUT2D eigenvalue weighted by atomic mass is 15.1. The number of hydrogen-bond donors (Lipinski definition) is 1. The summed E-state index contributed by atoms with van der Waals surface area (Å²) >= 11 is 0. The van der Waals surface area contributed by atoms with E-state index in [1.807, 2.05) is 0 Å². The molecular formula is C11H18N4. The maximum Gasteiger partial charge on any atom is 0.142 e. The van der Waals surface area contributed by atoms with E-state index < -0.39 is 0 Å². The molecule has 2 heterocycles. The number of anilines is 1. The van der Waals surface area contributed by atoms with Gasteiger partial charge in [0.1, 0.15) is 5.82 Å². The summed E-state index contributed by atoms with van der Waals surface area (Å²) < 4.78 is 0. The Kier molecular flexibility index (Phi) is 2.86. The van der Waals surface area contributed by atoms with Gasteiger partial charge in [0.15, 0.2) is 0 Å². The molecule has 1 aromatic rings. The summed E-state index contributed by atoms with van der Waals surface area (Å²) in [7, 11) is 0. The third kappa shape index (κ3) is 2.09. The average molecular weight is 206 g/mol. The molecule has 1 unspecified atom stereocenters. The van der Waals surface area contributed by atoms with Crippen LogP contribution in [-0.2, 0) is 12.8 Å². The summed E-state index contributed by atoms with van der Waals surface area (Å²) in [4.78, 5) is 11.2. The molecule has 1 aromatic heterocycles. The van der Waals surface area contributed by atoms with Crippen LogP contribution in [0, 0.1) is 0 Å². The number of nitrogen functional groups attached to an aromatic ring is 1. The van der Waals surface area contributed by atoms with E-state index in [0.717, 1.165) is 37.3 Å². The third-order valence-electron chi connectivity index (χ3n) is 3.10. The summed E-state index contributed by atoms with van der Waals surface area (Å²) in [6.45, 7) is 6.59. The summed E-state index contributed by atoms with van der Waals surface area (Å²) in [5.41, 5.74) is 7.85. The van der Waals surface area contributed by atoms with Gasteiger partial charge in [-0.25, -0.2) is 4.98 Å². The van der Waals surface area contributed by atoms with Crippen molar-refractivity contribution in [2.45, 2.75) is 32.7 Å². The maximum absolute atomic E-state index is 5.65. The van der Waals surface area contributed by atoms with Crippen molar-refractivity contribution in [1.82, 2.24) is 14.9 Å². The number of nitrogens with two attached hydrogens (primary N) is 1. The van der Waals surface area contributed by atoms with Crippen molar-refractivity contribution in [3.8, 4) is 0 Å². The highest BCUT2D eigenvalue weighted by Gasteiger charge is 2.20. The van der Waals surface area contributed by atoms with Gasteiger partial charge < -0.3 is 10.6 Å². The topological polar surface area (TPSA) is 55.0 Å². The van der Waals surface area contributed by atoms with Crippen molar-refractivity contribution >= 4 is 5.82 Å². The smallest absolute Gasteiger partial charge is 0.142 e. The minimum atomic E-state index is 0.534. The molecular weight excluding hydrogens is 188 g/mol. The van der Waals surface area contributed by atoms with Gasteiger partial charge in [-0.15, -0.1) is 0 Å². The van der Waals surface area contributed by atoms with E-state index >= 15 is 0 Å². The number of hydrogen-bond acceptors (Lipinski definition) is 4. The van der Waals surface area contributed by atoms with Crippen LogP contribution in [0.5, 0.6) is 0 Å². The van der Waals surface area contributed by atoms with Crippen LogP contribution in [0.3, 0.4) is 0 Å². The summed E-state index contributed by atoms with van der Waals surface area (Å²) in [5.74, 6) is 0.534. The van der Waals surface area contributed by atoms with Crippen LogP contribution in [-0.4, -0.2) is 34.0 Å². The van der Waals surface area contributed by atoms with Crippen LogP contribution in [0.2, 0.25) is 0 Å². The first kappa shape index (κ1) is 10.4. The van der Waals surface area contributed by atoms with Gasteiger partial charge in [0.25, 0.3) is 0 Å². The van der Waals surface area contributed by atoms with E-state index in [-0.39, 0.29) is 0 Å². The first-order chi connectivity index (χ1) is 7.20. The van der Waals surface area contributed by atoms with E-state index in [1.54, 1.807) is 6.20 Å². The zero-order valence-corrected chi connectivity index (χ0v) is 9.40. The Labute approximate surface area is 90.5 Å². The van der Waals surface area contributed by atoms with Crippen molar-refractivity contribution in [2.75, 3.05) is 18.8 Å². The van der Waals surface area contributed by atoms with Crippen LogP contribution in [0.25, 0.3) is 0 Å². The highest BCUT2D eigenvalue weighted by Crippen LogP contribution is 2.16. The average Bonchev–Trinajstić information content (AvgIpc) is 2.36. The molecule has 0 spiro atoms. The highest BCUT2D eigenvalue weighted by molar-refractivity contribution is 5.28. The van der Waals surface area contributed by atoms with Crippen LogP contribution < -0.4 is 5.73 Å². The van der Waals surface area contributed by atoms with E-state index in [4.69, 9.17) is 5.73 Å². The molecule has 0 saturated heterocycles. The Morgan fingerprint density at radius 1 is 1.53 bits per heavy atom. The predicted octanol–water partition coefficient (Wildman–Crippen LogP) is 0.868. The number of nitrogens with zero attached hydrogens (tertiary/aromatic N) is 3. The molecule has 4 nitrogen and oxygen atoms in total. The standard InChI is InChI=1S/C11H18N4/c1-3-15-5-4-9-10(6-8(15)2)13-7-11(12)14-9/h7-8H,3-6H2,1-2H3,(H2,12,14). The molecule has 0 radical (unpaired) electrons. The lowest BCUT2D eigenvalue weighted by Gasteiger charge is -2.24. The molecule has 0 fully saturated rings. The summed E-state index contributed by atoms with van der Waals surface area (Å²) in [5, 5.41) is 0. The first-order valence-corrected chi connectivity index (χ1v) is 5.55. The molecule has 0 amide bonds. The Hall–Kier alpha value is -1.16. The lowest BCUT2D eigenvalue weighted by Crippen LogP contribution is -2.34. The second-order valence-corrected chi connectivity index (χ2v) is 4.12. The molecule has 1 aliphatic rings. The largest absolute Gasteiger partial charge is 0.382 e. The van der Waals surface area contributed by atoms with Gasteiger partial charge in [0.05, 0.1) is 17.6 Å². The number of rotatable bonds is 1. The fourth-order valence-electron chi connectivity index (χ4n) is 2.19. The Balaban J connectivity index is 2.27. The quantitative estimate of drug-likeness (QED) is 0.740. The van der Waals surface area contributed by atoms with Crippen molar-refractivity contribution < 1.29 is 0 Å². The SMILES string of the molecule is CCN1CCc2nc(N)cnc2CC1C. The van der Waals surface area contributed by atoms with Crippen LogP contribution in [0.1, 0.15) is 25.2 Å². The van der Waals surface area contributed by atoms with Gasteiger partial charge in [-0.05, 0) is 13.5 Å². The summed E-state index contributed by atoms with van der Waals surface area (Å²) in [6.07, 6.45) is 3.61. The number of fused-ring (bicyclic) bond motifs is 1. The second kappa shape index (κ2) is 4.14. The van der Waals surface area contributed by atoms with Gasteiger partial charge in [-0.1, -0.05) is 6.92 Å². The molecule has 2 rings (SSSR count). The van der Waals surface area contributed by atoms with Crippen LogP contribution >= 0.6 is 0 Å². The lowest BCUT2D eigenvalue weighted by molar-refractivity contribution is 0.227.